The highest BCUT2D eigenvalue weighted by Crippen LogP contribution is 2.28. The number of nitrogens with one attached hydrogen (secondary N) is 1. The molecule has 0 aliphatic carbocycles. The maximum Gasteiger partial charge on any atom is 0.226 e. The largest absolute Gasteiger partial charge is 0.502 e. The minimum atomic E-state index is -0.488. The second-order valence-electron chi connectivity index (χ2n) is 3.44. The Labute approximate surface area is 115 Å². The highest BCUT2D eigenvalue weighted by molar-refractivity contribution is 8.00. The van der Waals surface area contributed by atoms with E-state index in [1.54, 1.807) is 0 Å². The number of thioether (sulfide) groups is 1. The van der Waals surface area contributed by atoms with E-state index in [1.165, 1.54) is 36.1 Å². The van der Waals surface area contributed by atoms with Crippen LogP contribution in [0.15, 0.2) is 25.9 Å². The van der Waals surface area contributed by atoms with Crippen molar-refractivity contribution >= 4 is 34.1 Å². The zero-order chi connectivity index (χ0) is 13.8. The topological polar surface area (TPSA) is 105 Å². The number of hydrogen-bond acceptors (Lipinski definition) is 8. The van der Waals surface area contributed by atoms with Crippen molar-refractivity contribution < 1.29 is 14.3 Å². The Balaban J connectivity index is 1.98. The molecule has 2 rings (SSSR count). The van der Waals surface area contributed by atoms with Gasteiger partial charge in [0.05, 0.1) is 5.75 Å². The fraction of sp³-hybridized carbons (Fsp3) is 0.200. The molecule has 0 atom stereocenters. The zero-order valence-electron chi connectivity index (χ0n) is 9.74. The second-order valence-corrected chi connectivity index (χ2v) is 5.64. The van der Waals surface area contributed by atoms with Gasteiger partial charge in [-0.2, -0.15) is 0 Å². The first-order valence-electron chi connectivity index (χ1n) is 5.09. The van der Waals surface area contributed by atoms with Gasteiger partial charge in [0.1, 0.15) is 12.0 Å². The van der Waals surface area contributed by atoms with E-state index in [1.807, 2.05) is 0 Å². The van der Waals surface area contributed by atoms with Crippen LogP contribution in [0.2, 0.25) is 0 Å². The van der Waals surface area contributed by atoms with Gasteiger partial charge in [-0.3, -0.25) is 9.59 Å². The van der Waals surface area contributed by atoms with Gasteiger partial charge in [0.15, 0.2) is 10.1 Å². The number of aromatic hydroxyl groups is 1. The smallest absolute Gasteiger partial charge is 0.226 e. The van der Waals surface area contributed by atoms with Gasteiger partial charge in [-0.25, -0.2) is 0 Å². The van der Waals surface area contributed by atoms with E-state index in [0.717, 1.165) is 6.26 Å². The lowest BCUT2D eigenvalue weighted by atomic mass is 10.4. The fourth-order valence-electron chi connectivity index (χ4n) is 1.12. The van der Waals surface area contributed by atoms with Crippen molar-refractivity contribution in [3.05, 3.63) is 28.3 Å². The summed E-state index contributed by atoms with van der Waals surface area (Å²) in [6.07, 6.45) is 1.00. The number of carbonyl (C=O) groups is 1. The SMILES string of the molecule is CC(=O)Nc1nnc(SCc2cc(=O)c(O)co2)s1. The number of aromatic nitrogens is 2. The summed E-state index contributed by atoms with van der Waals surface area (Å²) in [6.45, 7) is 1.39. The third-order valence-electron chi connectivity index (χ3n) is 1.89. The third kappa shape index (κ3) is 3.80. The summed E-state index contributed by atoms with van der Waals surface area (Å²) < 4.78 is 5.69. The zero-order valence-corrected chi connectivity index (χ0v) is 11.4. The fourth-order valence-corrected chi connectivity index (χ4v) is 2.81. The van der Waals surface area contributed by atoms with E-state index in [-0.39, 0.29) is 5.91 Å². The molecular formula is C10H9N3O4S2. The minimum Gasteiger partial charge on any atom is -0.502 e. The van der Waals surface area contributed by atoms with Crippen molar-refractivity contribution in [3.63, 3.8) is 0 Å². The molecular weight excluding hydrogens is 290 g/mol. The summed E-state index contributed by atoms with van der Waals surface area (Å²) in [7, 11) is 0. The monoisotopic (exact) mass is 299 g/mol. The number of rotatable bonds is 4. The Bertz CT molecular complexity index is 652. The van der Waals surface area contributed by atoms with Crippen LogP contribution in [0.3, 0.4) is 0 Å². The molecule has 100 valence electrons. The summed E-state index contributed by atoms with van der Waals surface area (Å²) in [6, 6.07) is 1.22. The van der Waals surface area contributed by atoms with Gasteiger partial charge in [-0.1, -0.05) is 23.1 Å². The Morgan fingerprint density at radius 3 is 3.05 bits per heavy atom. The molecule has 7 nitrogen and oxygen atoms in total. The molecule has 1 amide bonds. The van der Waals surface area contributed by atoms with Crippen LogP contribution in [0.25, 0.3) is 0 Å². The molecule has 0 fully saturated rings. The van der Waals surface area contributed by atoms with Crippen LogP contribution in [0.5, 0.6) is 5.75 Å². The average Bonchev–Trinajstić information content (AvgIpc) is 2.77. The molecule has 19 heavy (non-hydrogen) atoms. The Morgan fingerprint density at radius 2 is 2.37 bits per heavy atom. The number of carbonyl (C=O) groups excluding carboxylic acids is 1. The molecule has 0 saturated carbocycles. The summed E-state index contributed by atoms with van der Waals surface area (Å²) in [5.74, 6) is 0.170. The molecule has 0 spiro atoms. The third-order valence-corrected chi connectivity index (χ3v) is 3.89. The van der Waals surface area contributed by atoms with Gasteiger partial charge in [0, 0.05) is 13.0 Å². The first-order valence-corrected chi connectivity index (χ1v) is 6.89. The highest BCUT2D eigenvalue weighted by Gasteiger charge is 2.08. The summed E-state index contributed by atoms with van der Waals surface area (Å²) in [5, 5.41) is 19.6. The molecule has 0 aromatic carbocycles. The lowest BCUT2D eigenvalue weighted by Crippen LogP contribution is -2.04. The standard InChI is InChI=1S/C10H9N3O4S2/c1-5(14)11-9-12-13-10(19-9)18-4-6-2-7(15)8(16)3-17-6/h2-3,16H,4H2,1H3,(H,11,12,14). The Kier molecular flexibility index (Phi) is 4.17. The molecule has 9 heteroatoms. The molecule has 0 radical (unpaired) electrons. The summed E-state index contributed by atoms with van der Waals surface area (Å²) in [5.41, 5.74) is -0.488. The van der Waals surface area contributed by atoms with Crippen LogP contribution in [0.1, 0.15) is 12.7 Å². The van der Waals surface area contributed by atoms with E-state index >= 15 is 0 Å². The van der Waals surface area contributed by atoms with Crippen molar-refractivity contribution in [2.24, 2.45) is 0 Å². The molecule has 0 saturated heterocycles. The maximum absolute atomic E-state index is 11.2. The average molecular weight is 299 g/mol. The van der Waals surface area contributed by atoms with E-state index < -0.39 is 11.2 Å². The lowest BCUT2D eigenvalue weighted by Gasteiger charge is -1.97. The predicted molar refractivity (Wildman–Crippen MR) is 70.4 cm³/mol. The van der Waals surface area contributed by atoms with Crippen LogP contribution in [0.4, 0.5) is 5.13 Å². The normalized spacial score (nSPS) is 10.4. The van der Waals surface area contributed by atoms with Gasteiger partial charge in [-0.05, 0) is 0 Å². The predicted octanol–water partition coefficient (Wildman–Crippen LogP) is 1.45. The lowest BCUT2D eigenvalue weighted by molar-refractivity contribution is -0.114. The van der Waals surface area contributed by atoms with Crippen molar-refractivity contribution in [2.75, 3.05) is 5.32 Å². The van der Waals surface area contributed by atoms with Crippen LogP contribution in [0, 0.1) is 0 Å². The van der Waals surface area contributed by atoms with Crippen LogP contribution >= 0.6 is 23.1 Å². The maximum atomic E-state index is 11.2. The Hall–Kier alpha value is -1.87. The number of nitrogens with zero attached hydrogens (tertiary/aromatic N) is 2. The number of amides is 1. The minimum absolute atomic E-state index is 0.211. The van der Waals surface area contributed by atoms with Crippen molar-refractivity contribution in [1.82, 2.24) is 10.2 Å². The van der Waals surface area contributed by atoms with Crippen LogP contribution in [-0.4, -0.2) is 21.2 Å². The van der Waals surface area contributed by atoms with Gasteiger partial charge in [0.2, 0.25) is 16.5 Å². The van der Waals surface area contributed by atoms with E-state index in [2.05, 4.69) is 15.5 Å². The second kappa shape index (κ2) is 5.85. The van der Waals surface area contributed by atoms with E-state index in [9.17, 15) is 9.59 Å². The van der Waals surface area contributed by atoms with Crippen molar-refractivity contribution in [2.45, 2.75) is 17.0 Å². The van der Waals surface area contributed by atoms with Gasteiger partial charge in [-0.15, -0.1) is 10.2 Å². The van der Waals surface area contributed by atoms with Crippen LogP contribution in [-0.2, 0) is 10.5 Å². The van der Waals surface area contributed by atoms with Crippen molar-refractivity contribution in [3.8, 4) is 5.75 Å². The molecule has 2 N–H and O–H groups in total. The van der Waals surface area contributed by atoms with E-state index in [4.69, 9.17) is 9.52 Å². The van der Waals surface area contributed by atoms with Crippen molar-refractivity contribution in [1.29, 1.82) is 0 Å². The summed E-state index contributed by atoms with van der Waals surface area (Å²) in [4.78, 5) is 22.0. The first kappa shape index (κ1) is 13.6. The highest BCUT2D eigenvalue weighted by atomic mass is 32.2. The summed E-state index contributed by atoms with van der Waals surface area (Å²) >= 11 is 2.54. The molecule has 0 aliphatic rings. The van der Waals surface area contributed by atoms with Crippen LogP contribution < -0.4 is 10.7 Å². The molecule has 0 unspecified atom stereocenters. The number of hydrogen-bond donors (Lipinski definition) is 2. The molecule has 2 aromatic heterocycles. The van der Waals surface area contributed by atoms with Gasteiger partial charge in [0.25, 0.3) is 0 Å². The Morgan fingerprint density at radius 1 is 1.58 bits per heavy atom. The quantitative estimate of drug-likeness (QED) is 0.650. The first-order chi connectivity index (χ1) is 9.04. The van der Waals surface area contributed by atoms with E-state index in [0.29, 0.717) is 21.0 Å². The van der Waals surface area contributed by atoms with Gasteiger partial charge >= 0.3 is 0 Å². The molecule has 2 aromatic rings. The van der Waals surface area contributed by atoms with Gasteiger partial charge < -0.3 is 14.8 Å². The molecule has 0 aliphatic heterocycles. The number of anilines is 1. The molecule has 2 heterocycles. The molecule has 0 bridgehead atoms.